The number of carbonyl (C=O) groups is 1. The molecule has 0 atom stereocenters. The van der Waals surface area contributed by atoms with Crippen molar-refractivity contribution < 1.29 is 9.18 Å². The van der Waals surface area contributed by atoms with Gasteiger partial charge in [0, 0.05) is 37.5 Å². The average Bonchev–Trinajstić information content (AvgIpc) is 2.39. The monoisotopic (exact) mass is 244 g/mol. The zero-order valence-electron chi connectivity index (χ0n) is 9.90. The van der Waals surface area contributed by atoms with E-state index in [1.54, 1.807) is 12.3 Å². The lowest BCUT2D eigenvalue weighted by Gasteiger charge is -2.28. The van der Waals surface area contributed by atoms with Crippen LogP contribution in [0.15, 0.2) is 30.5 Å². The lowest BCUT2D eigenvalue weighted by atomic mass is 10.1. The Morgan fingerprint density at radius 3 is 2.72 bits per heavy atom. The molecule has 4 heteroatoms. The van der Waals surface area contributed by atoms with E-state index in [1.165, 1.54) is 12.1 Å². The van der Waals surface area contributed by atoms with E-state index in [9.17, 15) is 9.18 Å². The van der Waals surface area contributed by atoms with Crippen LogP contribution >= 0.6 is 0 Å². The van der Waals surface area contributed by atoms with E-state index in [0.717, 1.165) is 16.6 Å². The molecule has 18 heavy (non-hydrogen) atoms. The molecule has 0 N–H and O–H groups in total. The van der Waals surface area contributed by atoms with Gasteiger partial charge in [0.25, 0.3) is 0 Å². The largest absolute Gasteiger partial charge is 0.355 e. The SMILES string of the molecule is O=C1CCN(c2nccc3ccc(F)cc23)CC1. The van der Waals surface area contributed by atoms with Crippen molar-refractivity contribution in [1.82, 2.24) is 4.98 Å². The smallest absolute Gasteiger partial charge is 0.136 e. The molecule has 1 aromatic carbocycles. The second-order valence-electron chi connectivity index (χ2n) is 4.53. The molecule has 0 aliphatic carbocycles. The van der Waals surface area contributed by atoms with Crippen LogP contribution in [-0.4, -0.2) is 23.9 Å². The number of carbonyl (C=O) groups excluding carboxylic acids is 1. The second kappa shape index (κ2) is 4.37. The Morgan fingerprint density at radius 2 is 1.94 bits per heavy atom. The Balaban J connectivity index is 2.05. The van der Waals surface area contributed by atoms with Crippen LogP contribution in [0.2, 0.25) is 0 Å². The minimum atomic E-state index is -0.259. The van der Waals surface area contributed by atoms with Crippen LogP contribution < -0.4 is 4.90 Å². The summed E-state index contributed by atoms with van der Waals surface area (Å²) in [6.45, 7) is 1.34. The summed E-state index contributed by atoms with van der Waals surface area (Å²) in [5.41, 5.74) is 0. The Labute approximate surface area is 104 Å². The number of hydrogen-bond donors (Lipinski definition) is 0. The molecule has 1 saturated heterocycles. The van der Waals surface area contributed by atoms with Crippen LogP contribution in [0.5, 0.6) is 0 Å². The highest BCUT2D eigenvalue weighted by Crippen LogP contribution is 2.26. The molecular formula is C14H13FN2O. The molecule has 1 aliphatic rings. The highest BCUT2D eigenvalue weighted by molar-refractivity contribution is 5.93. The molecule has 3 nitrogen and oxygen atoms in total. The van der Waals surface area contributed by atoms with Crippen molar-refractivity contribution in [2.24, 2.45) is 0 Å². The molecule has 92 valence electrons. The van der Waals surface area contributed by atoms with Crippen molar-refractivity contribution in [3.63, 3.8) is 0 Å². The van der Waals surface area contributed by atoms with Gasteiger partial charge in [-0.05, 0) is 23.6 Å². The van der Waals surface area contributed by atoms with E-state index in [-0.39, 0.29) is 11.6 Å². The molecule has 1 fully saturated rings. The molecule has 0 unspecified atom stereocenters. The highest BCUT2D eigenvalue weighted by Gasteiger charge is 2.19. The number of Topliss-reactive ketones (excluding diaryl/α,β-unsaturated/α-hetero) is 1. The highest BCUT2D eigenvalue weighted by atomic mass is 19.1. The van der Waals surface area contributed by atoms with Crippen molar-refractivity contribution in [3.05, 3.63) is 36.3 Å². The van der Waals surface area contributed by atoms with Crippen molar-refractivity contribution in [2.45, 2.75) is 12.8 Å². The number of piperidine rings is 1. The first-order chi connectivity index (χ1) is 8.74. The van der Waals surface area contributed by atoms with Gasteiger partial charge in [-0.3, -0.25) is 4.79 Å². The first-order valence-electron chi connectivity index (χ1n) is 6.05. The maximum atomic E-state index is 13.3. The van der Waals surface area contributed by atoms with E-state index in [0.29, 0.717) is 25.9 Å². The number of benzene rings is 1. The average molecular weight is 244 g/mol. The molecule has 0 radical (unpaired) electrons. The summed E-state index contributed by atoms with van der Waals surface area (Å²) in [7, 11) is 0. The van der Waals surface area contributed by atoms with Gasteiger partial charge in [-0.2, -0.15) is 0 Å². The predicted octanol–water partition coefficient (Wildman–Crippen LogP) is 2.54. The molecule has 2 heterocycles. The maximum Gasteiger partial charge on any atom is 0.136 e. The van der Waals surface area contributed by atoms with Crippen molar-refractivity contribution in [3.8, 4) is 0 Å². The van der Waals surface area contributed by atoms with Crippen molar-refractivity contribution in [2.75, 3.05) is 18.0 Å². The van der Waals surface area contributed by atoms with Crippen LogP contribution in [0.4, 0.5) is 10.2 Å². The zero-order valence-corrected chi connectivity index (χ0v) is 9.90. The number of fused-ring (bicyclic) bond motifs is 1. The Hall–Kier alpha value is -1.97. The summed E-state index contributed by atoms with van der Waals surface area (Å²) in [5, 5.41) is 1.78. The fourth-order valence-corrected chi connectivity index (χ4v) is 2.35. The molecule has 0 spiro atoms. The van der Waals surface area contributed by atoms with E-state index in [1.807, 2.05) is 6.07 Å². The predicted molar refractivity (Wildman–Crippen MR) is 68.2 cm³/mol. The lowest BCUT2D eigenvalue weighted by Crippen LogP contribution is -2.34. The van der Waals surface area contributed by atoms with Crippen LogP contribution in [-0.2, 0) is 4.79 Å². The van der Waals surface area contributed by atoms with Gasteiger partial charge in [-0.25, -0.2) is 9.37 Å². The van der Waals surface area contributed by atoms with E-state index in [4.69, 9.17) is 0 Å². The second-order valence-corrected chi connectivity index (χ2v) is 4.53. The number of aromatic nitrogens is 1. The molecule has 3 rings (SSSR count). The van der Waals surface area contributed by atoms with Gasteiger partial charge in [-0.15, -0.1) is 0 Å². The molecular weight excluding hydrogens is 231 g/mol. The van der Waals surface area contributed by atoms with Crippen LogP contribution in [0, 0.1) is 5.82 Å². The lowest BCUT2D eigenvalue weighted by molar-refractivity contribution is -0.119. The van der Waals surface area contributed by atoms with Crippen molar-refractivity contribution in [1.29, 1.82) is 0 Å². The molecule has 2 aromatic rings. The quantitative estimate of drug-likeness (QED) is 0.773. The molecule has 0 amide bonds. The van der Waals surface area contributed by atoms with Crippen LogP contribution in [0.25, 0.3) is 10.8 Å². The summed E-state index contributed by atoms with van der Waals surface area (Å²) in [5.74, 6) is 0.807. The maximum absolute atomic E-state index is 13.3. The zero-order chi connectivity index (χ0) is 12.5. The fourth-order valence-electron chi connectivity index (χ4n) is 2.35. The standard InChI is InChI=1S/C14H13FN2O/c15-11-2-1-10-3-6-16-14(13(10)9-11)17-7-4-12(18)5-8-17/h1-3,6,9H,4-5,7-8H2. The van der Waals surface area contributed by atoms with Gasteiger partial charge >= 0.3 is 0 Å². The van der Waals surface area contributed by atoms with Crippen LogP contribution in [0.3, 0.4) is 0 Å². The number of halogens is 1. The van der Waals surface area contributed by atoms with Gasteiger partial charge in [0.05, 0.1) is 0 Å². The minimum absolute atomic E-state index is 0.259. The summed E-state index contributed by atoms with van der Waals surface area (Å²) >= 11 is 0. The third-order valence-corrected chi connectivity index (χ3v) is 3.33. The summed E-state index contributed by atoms with van der Waals surface area (Å²) in [6.07, 6.45) is 2.83. The molecule has 1 aliphatic heterocycles. The van der Waals surface area contributed by atoms with Crippen LogP contribution in [0.1, 0.15) is 12.8 Å². The third kappa shape index (κ3) is 1.94. The van der Waals surface area contributed by atoms with E-state index >= 15 is 0 Å². The topological polar surface area (TPSA) is 33.2 Å². The summed E-state index contributed by atoms with van der Waals surface area (Å²) in [4.78, 5) is 17.7. The van der Waals surface area contributed by atoms with Crippen molar-refractivity contribution >= 4 is 22.4 Å². The number of hydrogen-bond acceptors (Lipinski definition) is 3. The summed E-state index contributed by atoms with van der Waals surface area (Å²) < 4.78 is 13.3. The van der Waals surface area contributed by atoms with Gasteiger partial charge < -0.3 is 4.90 Å². The number of anilines is 1. The van der Waals surface area contributed by atoms with Gasteiger partial charge in [-0.1, -0.05) is 6.07 Å². The molecule has 0 bridgehead atoms. The normalized spacial score (nSPS) is 16.3. The molecule has 0 saturated carbocycles. The first-order valence-corrected chi connectivity index (χ1v) is 6.05. The number of rotatable bonds is 1. The van der Waals surface area contributed by atoms with Gasteiger partial charge in [0.1, 0.15) is 17.4 Å². The van der Waals surface area contributed by atoms with Gasteiger partial charge in [0.15, 0.2) is 0 Å². The minimum Gasteiger partial charge on any atom is -0.355 e. The fraction of sp³-hybridized carbons (Fsp3) is 0.286. The Kier molecular flexibility index (Phi) is 2.70. The Bertz CT molecular complexity index is 602. The molecule has 1 aromatic heterocycles. The van der Waals surface area contributed by atoms with E-state index < -0.39 is 0 Å². The first kappa shape index (κ1) is 11.1. The van der Waals surface area contributed by atoms with Gasteiger partial charge in [0.2, 0.25) is 0 Å². The Morgan fingerprint density at radius 1 is 1.17 bits per heavy atom. The number of nitrogens with zero attached hydrogens (tertiary/aromatic N) is 2. The third-order valence-electron chi connectivity index (χ3n) is 3.33. The summed E-state index contributed by atoms with van der Waals surface area (Å²) in [6, 6.07) is 6.58. The number of pyridine rings is 1. The van der Waals surface area contributed by atoms with E-state index in [2.05, 4.69) is 9.88 Å². The number of ketones is 1.